The maximum Gasteiger partial charge on any atom is 0.269 e. The SMILES string of the molecule is CC(Sc1ccc([N+](=O)[O-])cc1)C(=O)NC(c1ccccc1)c1ccc2nc[nH]c2c1. The standard InChI is InChI=1S/C23H20N4O3S/c1-15(31-19-10-8-18(9-11-19)27(29)30)23(28)26-22(16-5-3-2-4-6-16)17-7-12-20-21(13-17)25-14-24-20/h2-15,22H,1H3,(H,24,25)(H,26,28). The number of thioether (sulfide) groups is 1. The van der Waals surface area contributed by atoms with Gasteiger partial charge in [0, 0.05) is 17.0 Å². The van der Waals surface area contributed by atoms with Gasteiger partial charge in [-0.1, -0.05) is 36.4 Å². The van der Waals surface area contributed by atoms with Gasteiger partial charge in [-0.25, -0.2) is 4.98 Å². The second kappa shape index (κ2) is 9.01. The molecule has 2 atom stereocenters. The lowest BCUT2D eigenvalue weighted by atomic mass is 9.98. The largest absolute Gasteiger partial charge is 0.345 e. The van der Waals surface area contributed by atoms with Gasteiger partial charge in [0.1, 0.15) is 0 Å². The Morgan fingerprint density at radius 1 is 1.06 bits per heavy atom. The summed E-state index contributed by atoms with van der Waals surface area (Å²) in [5, 5.41) is 13.6. The number of rotatable bonds is 7. The van der Waals surface area contributed by atoms with Crippen molar-refractivity contribution in [3.63, 3.8) is 0 Å². The number of carbonyl (C=O) groups excluding carboxylic acids is 1. The van der Waals surface area contributed by atoms with Gasteiger partial charge in [0.25, 0.3) is 5.69 Å². The summed E-state index contributed by atoms with van der Waals surface area (Å²) in [5.41, 5.74) is 3.72. The van der Waals surface area contributed by atoms with Crippen LogP contribution in [0.2, 0.25) is 0 Å². The van der Waals surface area contributed by atoms with Crippen LogP contribution >= 0.6 is 11.8 Å². The second-order valence-electron chi connectivity index (χ2n) is 7.04. The minimum absolute atomic E-state index is 0.0276. The van der Waals surface area contributed by atoms with Crippen molar-refractivity contribution in [3.8, 4) is 0 Å². The summed E-state index contributed by atoms with van der Waals surface area (Å²) in [7, 11) is 0. The Labute approximate surface area is 183 Å². The normalized spacial score (nSPS) is 12.9. The van der Waals surface area contributed by atoms with Gasteiger partial charge >= 0.3 is 0 Å². The minimum Gasteiger partial charge on any atom is -0.345 e. The number of aromatic amines is 1. The Balaban J connectivity index is 1.54. The van der Waals surface area contributed by atoms with Crippen molar-refractivity contribution in [1.29, 1.82) is 0 Å². The number of fused-ring (bicyclic) bond motifs is 1. The van der Waals surface area contributed by atoms with Gasteiger partial charge in [-0.05, 0) is 42.3 Å². The molecule has 2 N–H and O–H groups in total. The molecule has 1 aromatic heterocycles. The van der Waals surface area contributed by atoms with E-state index >= 15 is 0 Å². The van der Waals surface area contributed by atoms with Crippen molar-refractivity contribution in [1.82, 2.24) is 15.3 Å². The van der Waals surface area contributed by atoms with E-state index in [0.29, 0.717) is 0 Å². The van der Waals surface area contributed by atoms with Gasteiger partial charge < -0.3 is 10.3 Å². The van der Waals surface area contributed by atoms with E-state index in [1.807, 2.05) is 55.5 Å². The quantitative estimate of drug-likeness (QED) is 0.247. The van der Waals surface area contributed by atoms with Crippen molar-refractivity contribution < 1.29 is 9.72 Å². The van der Waals surface area contributed by atoms with E-state index in [-0.39, 0.29) is 22.9 Å². The molecule has 4 aromatic rings. The summed E-state index contributed by atoms with van der Waals surface area (Å²) in [6, 6.07) is 21.6. The number of amides is 1. The van der Waals surface area contributed by atoms with E-state index in [0.717, 1.165) is 27.1 Å². The number of nitrogens with one attached hydrogen (secondary N) is 2. The fraction of sp³-hybridized carbons (Fsp3) is 0.130. The number of non-ortho nitro benzene ring substituents is 1. The number of hydrogen-bond acceptors (Lipinski definition) is 5. The monoisotopic (exact) mass is 432 g/mol. The van der Waals surface area contributed by atoms with Gasteiger partial charge in [-0.3, -0.25) is 14.9 Å². The topological polar surface area (TPSA) is 101 Å². The molecule has 7 nitrogen and oxygen atoms in total. The zero-order chi connectivity index (χ0) is 21.8. The summed E-state index contributed by atoms with van der Waals surface area (Å²) in [6.07, 6.45) is 1.65. The molecular formula is C23H20N4O3S. The first-order valence-corrected chi connectivity index (χ1v) is 10.6. The van der Waals surface area contributed by atoms with Gasteiger partial charge in [-0.15, -0.1) is 11.8 Å². The Bertz CT molecular complexity index is 1210. The number of nitrogens with zero attached hydrogens (tertiary/aromatic N) is 2. The Hall–Kier alpha value is -3.65. The number of imidazole rings is 1. The van der Waals surface area contributed by atoms with Crippen LogP contribution < -0.4 is 5.32 Å². The molecule has 2 unspecified atom stereocenters. The average molecular weight is 433 g/mol. The van der Waals surface area contributed by atoms with E-state index in [4.69, 9.17) is 0 Å². The lowest BCUT2D eigenvalue weighted by Gasteiger charge is -2.22. The van der Waals surface area contributed by atoms with Crippen LogP contribution in [0.1, 0.15) is 24.1 Å². The maximum atomic E-state index is 13.0. The van der Waals surface area contributed by atoms with E-state index in [1.165, 1.54) is 23.9 Å². The Morgan fingerprint density at radius 2 is 1.81 bits per heavy atom. The summed E-state index contributed by atoms with van der Waals surface area (Å²) in [6.45, 7) is 1.82. The molecule has 0 aliphatic heterocycles. The van der Waals surface area contributed by atoms with E-state index < -0.39 is 4.92 Å². The first kappa shape index (κ1) is 20.6. The molecule has 0 fully saturated rings. The Kier molecular flexibility index (Phi) is 5.99. The number of H-pyrrole nitrogens is 1. The molecule has 156 valence electrons. The zero-order valence-electron chi connectivity index (χ0n) is 16.7. The highest BCUT2D eigenvalue weighted by atomic mass is 32.2. The Morgan fingerprint density at radius 3 is 2.52 bits per heavy atom. The van der Waals surface area contributed by atoms with Crippen LogP contribution in [0.25, 0.3) is 11.0 Å². The molecule has 4 rings (SSSR count). The third-order valence-corrected chi connectivity index (χ3v) is 6.04. The molecule has 0 aliphatic carbocycles. The van der Waals surface area contributed by atoms with Crippen LogP contribution in [-0.2, 0) is 4.79 Å². The van der Waals surface area contributed by atoms with Crippen molar-refractivity contribution in [2.45, 2.75) is 23.1 Å². The number of aromatic nitrogens is 2. The average Bonchev–Trinajstić information content (AvgIpc) is 3.26. The third-order valence-electron chi connectivity index (χ3n) is 4.93. The van der Waals surface area contributed by atoms with Crippen molar-refractivity contribution in [2.75, 3.05) is 0 Å². The first-order chi connectivity index (χ1) is 15.0. The summed E-state index contributed by atoms with van der Waals surface area (Å²) in [4.78, 5) is 31.6. The van der Waals surface area contributed by atoms with Gasteiger partial charge in [0.05, 0.1) is 33.6 Å². The third kappa shape index (κ3) is 4.75. The smallest absolute Gasteiger partial charge is 0.269 e. The number of nitro benzene ring substituents is 1. The highest BCUT2D eigenvalue weighted by Gasteiger charge is 2.22. The molecule has 3 aromatic carbocycles. The van der Waals surface area contributed by atoms with E-state index in [9.17, 15) is 14.9 Å². The molecule has 0 spiro atoms. The molecule has 0 saturated carbocycles. The van der Waals surface area contributed by atoms with Gasteiger partial charge in [0.15, 0.2) is 0 Å². The van der Waals surface area contributed by atoms with Gasteiger partial charge in [0.2, 0.25) is 5.91 Å². The summed E-state index contributed by atoms with van der Waals surface area (Å²) in [5.74, 6) is -0.123. The zero-order valence-corrected chi connectivity index (χ0v) is 17.5. The van der Waals surface area contributed by atoms with E-state index in [1.54, 1.807) is 18.5 Å². The minimum atomic E-state index is -0.439. The van der Waals surface area contributed by atoms with Crippen LogP contribution in [0.15, 0.2) is 84.0 Å². The predicted octanol–water partition coefficient (Wildman–Crippen LogP) is 4.86. The number of hydrogen-bond donors (Lipinski definition) is 2. The molecule has 1 amide bonds. The molecule has 31 heavy (non-hydrogen) atoms. The molecular weight excluding hydrogens is 412 g/mol. The lowest BCUT2D eigenvalue weighted by Crippen LogP contribution is -2.34. The van der Waals surface area contributed by atoms with Crippen LogP contribution in [0.4, 0.5) is 5.69 Å². The van der Waals surface area contributed by atoms with Gasteiger partial charge in [-0.2, -0.15) is 0 Å². The second-order valence-corrected chi connectivity index (χ2v) is 8.46. The van der Waals surface area contributed by atoms with Crippen molar-refractivity contribution in [3.05, 3.63) is 100 Å². The molecule has 1 heterocycles. The van der Waals surface area contributed by atoms with Crippen molar-refractivity contribution >= 4 is 34.4 Å². The van der Waals surface area contributed by atoms with Crippen LogP contribution in [0.3, 0.4) is 0 Å². The first-order valence-electron chi connectivity index (χ1n) is 9.71. The maximum absolute atomic E-state index is 13.0. The molecule has 8 heteroatoms. The van der Waals surface area contributed by atoms with Crippen molar-refractivity contribution in [2.24, 2.45) is 0 Å². The summed E-state index contributed by atoms with van der Waals surface area (Å²) >= 11 is 1.36. The van der Waals surface area contributed by atoms with Crippen LogP contribution in [-0.4, -0.2) is 26.0 Å². The van der Waals surface area contributed by atoms with E-state index in [2.05, 4.69) is 15.3 Å². The van der Waals surface area contributed by atoms with Crippen LogP contribution in [0, 0.1) is 10.1 Å². The summed E-state index contributed by atoms with van der Waals surface area (Å²) < 4.78 is 0. The van der Waals surface area contributed by atoms with Crippen LogP contribution in [0.5, 0.6) is 0 Å². The highest BCUT2D eigenvalue weighted by Crippen LogP contribution is 2.28. The lowest BCUT2D eigenvalue weighted by molar-refractivity contribution is -0.384. The number of carbonyl (C=O) groups is 1. The fourth-order valence-electron chi connectivity index (χ4n) is 3.30. The highest BCUT2D eigenvalue weighted by molar-refractivity contribution is 8.00. The molecule has 0 saturated heterocycles. The fourth-order valence-corrected chi connectivity index (χ4v) is 4.18. The number of nitro groups is 1. The number of benzene rings is 3. The molecule has 0 aliphatic rings. The molecule has 0 radical (unpaired) electrons. The predicted molar refractivity (Wildman–Crippen MR) is 121 cm³/mol. The molecule has 0 bridgehead atoms.